The zero-order valence-corrected chi connectivity index (χ0v) is 30.2. The highest BCUT2D eigenvalue weighted by Crippen LogP contribution is 2.35. The first kappa shape index (κ1) is 37.1. The van der Waals surface area contributed by atoms with Crippen molar-refractivity contribution in [2.24, 2.45) is 5.92 Å². The fourth-order valence-corrected chi connectivity index (χ4v) is 7.07. The molecule has 0 radical (unpaired) electrons. The Morgan fingerprint density at radius 1 is 0.875 bits per heavy atom. The van der Waals surface area contributed by atoms with Crippen molar-refractivity contribution in [1.29, 1.82) is 0 Å². The van der Waals surface area contributed by atoms with Gasteiger partial charge in [0.25, 0.3) is 10.0 Å². The predicted molar refractivity (Wildman–Crippen MR) is 193 cm³/mol. The average Bonchev–Trinajstić information content (AvgIpc) is 3.05. The SMILES string of the molecule is COc1ccc(Cl)cc1N(CC(=O)N(Cc1ccc(Cl)cc1Cl)[C@H](Cc1ccccc1)C(=O)NCC(C)C)S(=O)(=O)c1ccc(C)cc1. The van der Waals surface area contributed by atoms with Gasteiger partial charge in [0.1, 0.15) is 18.3 Å². The van der Waals surface area contributed by atoms with Gasteiger partial charge < -0.3 is 15.0 Å². The number of anilines is 1. The van der Waals surface area contributed by atoms with Gasteiger partial charge in [0.05, 0.1) is 17.7 Å². The second-order valence-electron chi connectivity index (χ2n) is 11.7. The number of amides is 2. The molecule has 0 saturated heterocycles. The van der Waals surface area contributed by atoms with Gasteiger partial charge in [-0.15, -0.1) is 0 Å². The largest absolute Gasteiger partial charge is 0.495 e. The maximum atomic E-state index is 14.7. The van der Waals surface area contributed by atoms with Gasteiger partial charge in [-0.1, -0.05) is 103 Å². The first-order valence-electron chi connectivity index (χ1n) is 15.3. The Morgan fingerprint density at radius 3 is 2.15 bits per heavy atom. The number of carbonyl (C=O) groups is 2. The normalized spacial score (nSPS) is 12.0. The molecule has 0 aromatic heterocycles. The molecule has 0 spiro atoms. The third-order valence-electron chi connectivity index (χ3n) is 7.61. The molecule has 4 rings (SSSR count). The van der Waals surface area contributed by atoms with Crippen molar-refractivity contribution in [3.05, 3.63) is 123 Å². The molecule has 0 heterocycles. The van der Waals surface area contributed by atoms with E-state index < -0.39 is 28.5 Å². The van der Waals surface area contributed by atoms with Gasteiger partial charge in [0.15, 0.2) is 0 Å². The molecule has 0 aliphatic carbocycles. The molecule has 0 bridgehead atoms. The molecule has 2 amide bonds. The summed E-state index contributed by atoms with van der Waals surface area (Å²) in [5, 5.41) is 3.90. The smallest absolute Gasteiger partial charge is 0.264 e. The van der Waals surface area contributed by atoms with E-state index in [-0.39, 0.29) is 46.1 Å². The standard InChI is InChI=1S/C36H38Cl3N3O5S/c1-24(2)21-40-36(44)33(18-26-8-6-5-7-9-26)41(22-27-12-13-28(37)19-31(27)39)35(43)23-42(32-20-29(38)14-17-34(32)47-4)48(45,46)30-15-10-25(3)11-16-30/h5-17,19-20,24,33H,18,21-23H2,1-4H3,(H,40,44)/t33-/m1/s1. The minimum atomic E-state index is -4.36. The van der Waals surface area contributed by atoms with Crippen molar-refractivity contribution >= 4 is 62.3 Å². The lowest BCUT2D eigenvalue weighted by molar-refractivity contribution is -0.140. The van der Waals surface area contributed by atoms with Crippen molar-refractivity contribution in [1.82, 2.24) is 10.2 Å². The average molecular weight is 731 g/mol. The van der Waals surface area contributed by atoms with Crippen LogP contribution in [0, 0.1) is 12.8 Å². The van der Waals surface area contributed by atoms with Crippen LogP contribution < -0.4 is 14.4 Å². The van der Waals surface area contributed by atoms with Crippen LogP contribution in [0.5, 0.6) is 5.75 Å². The van der Waals surface area contributed by atoms with E-state index in [9.17, 15) is 18.0 Å². The van der Waals surface area contributed by atoms with Crippen molar-refractivity contribution in [3.63, 3.8) is 0 Å². The zero-order valence-electron chi connectivity index (χ0n) is 27.1. The number of nitrogens with zero attached hydrogens (tertiary/aromatic N) is 2. The Morgan fingerprint density at radius 2 is 1.52 bits per heavy atom. The van der Waals surface area contributed by atoms with E-state index in [0.29, 0.717) is 22.2 Å². The van der Waals surface area contributed by atoms with E-state index in [2.05, 4.69) is 5.32 Å². The van der Waals surface area contributed by atoms with E-state index in [1.54, 1.807) is 36.4 Å². The number of methoxy groups -OCH3 is 1. The summed E-state index contributed by atoms with van der Waals surface area (Å²) in [6.45, 7) is 5.37. The lowest BCUT2D eigenvalue weighted by Crippen LogP contribution is -2.53. The molecular weight excluding hydrogens is 693 g/mol. The fourth-order valence-electron chi connectivity index (χ4n) is 5.02. The van der Waals surface area contributed by atoms with Gasteiger partial charge in [-0.3, -0.25) is 13.9 Å². The van der Waals surface area contributed by atoms with Gasteiger partial charge >= 0.3 is 0 Å². The van der Waals surface area contributed by atoms with Crippen LogP contribution >= 0.6 is 34.8 Å². The van der Waals surface area contributed by atoms with Crippen LogP contribution in [0.3, 0.4) is 0 Å². The highest BCUT2D eigenvalue weighted by atomic mass is 35.5. The van der Waals surface area contributed by atoms with E-state index in [0.717, 1.165) is 15.4 Å². The maximum Gasteiger partial charge on any atom is 0.264 e. The fraction of sp³-hybridized carbons (Fsp3) is 0.278. The van der Waals surface area contributed by atoms with Gasteiger partial charge in [-0.25, -0.2) is 8.42 Å². The quantitative estimate of drug-likeness (QED) is 0.144. The Balaban J connectivity index is 1.87. The predicted octanol–water partition coefficient (Wildman–Crippen LogP) is 7.57. The van der Waals surface area contributed by atoms with Crippen LogP contribution in [0.15, 0.2) is 95.9 Å². The molecule has 12 heteroatoms. The third kappa shape index (κ3) is 9.44. The molecule has 0 aliphatic heterocycles. The molecule has 1 N–H and O–H groups in total. The Bertz CT molecular complexity index is 1840. The summed E-state index contributed by atoms with van der Waals surface area (Å²) in [7, 11) is -2.96. The van der Waals surface area contributed by atoms with Crippen molar-refractivity contribution in [3.8, 4) is 5.75 Å². The van der Waals surface area contributed by atoms with Crippen LogP contribution in [0.2, 0.25) is 15.1 Å². The number of ether oxygens (including phenoxy) is 1. The van der Waals surface area contributed by atoms with Gasteiger partial charge in [0.2, 0.25) is 11.8 Å². The third-order valence-corrected chi connectivity index (χ3v) is 10.2. The van der Waals surface area contributed by atoms with Crippen LogP contribution in [-0.2, 0) is 32.6 Å². The molecule has 4 aromatic carbocycles. The first-order chi connectivity index (χ1) is 22.8. The summed E-state index contributed by atoms with van der Waals surface area (Å²) >= 11 is 19.1. The maximum absolute atomic E-state index is 14.7. The number of sulfonamides is 1. The summed E-state index contributed by atoms with van der Waals surface area (Å²) < 4.78 is 35.2. The number of hydrogen-bond donors (Lipinski definition) is 1. The molecular formula is C36H38Cl3N3O5S. The minimum Gasteiger partial charge on any atom is -0.495 e. The molecule has 4 aromatic rings. The molecule has 0 saturated carbocycles. The van der Waals surface area contributed by atoms with E-state index in [4.69, 9.17) is 39.5 Å². The number of aryl methyl sites for hydroxylation is 1. The lowest BCUT2D eigenvalue weighted by Gasteiger charge is -2.34. The van der Waals surface area contributed by atoms with Crippen LogP contribution in [-0.4, -0.2) is 51.4 Å². The topological polar surface area (TPSA) is 96.0 Å². The lowest BCUT2D eigenvalue weighted by atomic mass is 10.0. The Hall–Kier alpha value is -3.76. The van der Waals surface area contributed by atoms with E-state index in [1.165, 1.54) is 36.3 Å². The number of benzene rings is 4. The van der Waals surface area contributed by atoms with Crippen molar-refractivity contribution in [2.45, 2.75) is 44.7 Å². The number of nitrogens with one attached hydrogen (secondary N) is 1. The van der Waals surface area contributed by atoms with E-state index >= 15 is 0 Å². The second-order valence-corrected chi connectivity index (χ2v) is 14.9. The molecule has 48 heavy (non-hydrogen) atoms. The molecule has 0 fully saturated rings. The van der Waals surface area contributed by atoms with Crippen LogP contribution in [0.25, 0.3) is 0 Å². The van der Waals surface area contributed by atoms with Gasteiger partial charge in [-0.05, 0) is 66.4 Å². The van der Waals surface area contributed by atoms with Gasteiger partial charge in [-0.2, -0.15) is 0 Å². The highest BCUT2D eigenvalue weighted by molar-refractivity contribution is 7.92. The summed E-state index contributed by atoms with van der Waals surface area (Å²) in [6, 6.07) is 23.9. The summed E-state index contributed by atoms with van der Waals surface area (Å²) in [4.78, 5) is 30.0. The van der Waals surface area contributed by atoms with Crippen LogP contribution in [0.1, 0.15) is 30.5 Å². The molecule has 0 unspecified atom stereocenters. The second kappa shape index (κ2) is 16.6. The van der Waals surface area contributed by atoms with E-state index in [1.807, 2.05) is 51.1 Å². The number of rotatable bonds is 14. The summed E-state index contributed by atoms with van der Waals surface area (Å²) in [5.74, 6) is -0.712. The summed E-state index contributed by atoms with van der Waals surface area (Å²) in [6.07, 6.45) is 0.160. The first-order valence-corrected chi connectivity index (χ1v) is 17.9. The molecule has 1 atom stereocenters. The van der Waals surface area contributed by atoms with Crippen molar-refractivity contribution < 1.29 is 22.7 Å². The van der Waals surface area contributed by atoms with Crippen molar-refractivity contribution in [2.75, 3.05) is 24.5 Å². The highest BCUT2D eigenvalue weighted by Gasteiger charge is 2.36. The number of hydrogen-bond acceptors (Lipinski definition) is 5. The molecule has 8 nitrogen and oxygen atoms in total. The number of halogens is 3. The monoisotopic (exact) mass is 729 g/mol. The van der Waals surface area contributed by atoms with Gasteiger partial charge in [0, 0.05) is 34.6 Å². The number of carbonyl (C=O) groups excluding carboxylic acids is 2. The molecule has 254 valence electrons. The Labute approximate surface area is 297 Å². The Kier molecular flexibility index (Phi) is 12.8. The molecule has 0 aliphatic rings. The van der Waals surface area contributed by atoms with Crippen LogP contribution in [0.4, 0.5) is 5.69 Å². The summed E-state index contributed by atoms with van der Waals surface area (Å²) in [5.41, 5.74) is 2.26. The zero-order chi connectivity index (χ0) is 35.0. The minimum absolute atomic E-state index is 0.0364.